The molecule has 0 unspecified atom stereocenters. The van der Waals surface area contributed by atoms with Gasteiger partial charge in [-0.1, -0.05) is 20.8 Å². The van der Waals surface area contributed by atoms with Crippen molar-refractivity contribution in [1.29, 1.82) is 0 Å². The van der Waals surface area contributed by atoms with Crippen LogP contribution in [0, 0.1) is 11.2 Å². The van der Waals surface area contributed by atoms with E-state index in [1.807, 2.05) is 19.9 Å². The van der Waals surface area contributed by atoms with Crippen molar-refractivity contribution in [1.82, 2.24) is 0 Å². The number of halogens is 1. The fourth-order valence-electron chi connectivity index (χ4n) is 1.68. The number of rotatable bonds is 3. The minimum atomic E-state index is -0.225. The summed E-state index contributed by atoms with van der Waals surface area (Å²) in [5.74, 6) is 0.395. The van der Waals surface area contributed by atoms with E-state index >= 15 is 0 Å². The molecule has 0 bridgehead atoms. The summed E-state index contributed by atoms with van der Waals surface area (Å²) in [6.45, 7) is 10.3. The fourth-order valence-corrected chi connectivity index (χ4v) is 1.68. The van der Waals surface area contributed by atoms with E-state index < -0.39 is 0 Å². The highest BCUT2D eigenvalue weighted by atomic mass is 19.1. The Morgan fingerprint density at radius 1 is 1.19 bits per heavy atom. The molecule has 1 aromatic carbocycles. The molecule has 0 aliphatic heterocycles. The maximum Gasteiger partial charge on any atom is 0.127 e. The van der Waals surface area contributed by atoms with Gasteiger partial charge in [-0.3, -0.25) is 0 Å². The van der Waals surface area contributed by atoms with E-state index in [9.17, 15) is 4.39 Å². The van der Waals surface area contributed by atoms with Gasteiger partial charge in [0.15, 0.2) is 0 Å². The standard InChI is InChI=1S/C14H21FO/c1-10(2)16-13-7-11(6-12(15)8-13)9-14(3,4)5/h6-8,10H,9H2,1-5H3. The minimum Gasteiger partial charge on any atom is -0.491 e. The Morgan fingerprint density at radius 3 is 2.31 bits per heavy atom. The quantitative estimate of drug-likeness (QED) is 0.747. The largest absolute Gasteiger partial charge is 0.491 e. The maximum absolute atomic E-state index is 13.4. The average molecular weight is 224 g/mol. The Morgan fingerprint density at radius 2 is 1.81 bits per heavy atom. The van der Waals surface area contributed by atoms with Crippen LogP contribution in [0.3, 0.4) is 0 Å². The maximum atomic E-state index is 13.4. The molecule has 1 nitrogen and oxygen atoms in total. The first kappa shape index (κ1) is 13.0. The van der Waals surface area contributed by atoms with Gasteiger partial charge in [0.1, 0.15) is 11.6 Å². The molecule has 0 spiro atoms. The summed E-state index contributed by atoms with van der Waals surface area (Å²) in [4.78, 5) is 0. The van der Waals surface area contributed by atoms with Gasteiger partial charge in [-0.25, -0.2) is 4.39 Å². The Hall–Kier alpha value is -1.05. The van der Waals surface area contributed by atoms with Crippen LogP contribution in [0.4, 0.5) is 4.39 Å². The van der Waals surface area contributed by atoms with Crippen LogP contribution in [-0.2, 0) is 6.42 Å². The predicted molar refractivity (Wildman–Crippen MR) is 65.3 cm³/mol. The molecule has 90 valence electrons. The SMILES string of the molecule is CC(C)Oc1cc(F)cc(CC(C)(C)C)c1. The van der Waals surface area contributed by atoms with Gasteiger partial charge in [-0.15, -0.1) is 0 Å². The van der Waals surface area contributed by atoms with Gasteiger partial charge < -0.3 is 4.74 Å². The molecule has 0 saturated carbocycles. The lowest BCUT2D eigenvalue weighted by Crippen LogP contribution is -2.10. The van der Waals surface area contributed by atoms with Gasteiger partial charge in [-0.2, -0.15) is 0 Å². The molecule has 0 atom stereocenters. The molecule has 0 radical (unpaired) electrons. The van der Waals surface area contributed by atoms with E-state index in [4.69, 9.17) is 4.74 Å². The van der Waals surface area contributed by atoms with E-state index in [-0.39, 0.29) is 17.3 Å². The second kappa shape index (κ2) is 4.86. The summed E-state index contributed by atoms with van der Waals surface area (Å²) in [6.07, 6.45) is 0.920. The van der Waals surface area contributed by atoms with Crippen LogP contribution in [-0.4, -0.2) is 6.10 Å². The zero-order valence-electron chi connectivity index (χ0n) is 10.8. The van der Waals surface area contributed by atoms with E-state index in [1.165, 1.54) is 6.07 Å². The molecule has 16 heavy (non-hydrogen) atoms. The van der Waals surface area contributed by atoms with Gasteiger partial charge in [0, 0.05) is 6.07 Å². The third kappa shape index (κ3) is 4.65. The van der Waals surface area contributed by atoms with Crippen molar-refractivity contribution >= 4 is 0 Å². The lowest BCUT2D eigenvalue weighted by molar-refractivity contribution is 0.241. The molecule has 0 aliphatic carbocycles. The van der Waals surface area contributed by atoms with E-state index in [1.54, 1.807) is 6.07 Å². The van der Waals surface area contributed by atoms with Gasteiger partial charge in [0.2, 0.25) is 0 Å². The van der Waals surface area contributed by atoms with Crippen LogP contribution in [0.15, 0.2) is 18.2 Å². The van der Waals surface area contributed by atoms with Gasteiger partial charge in [0.25, 0.3) is 0 Å². The van der Waals surface area contributed by atoms with Gasteiger partial charge >= 0.3 is 0 Å². The number of hydrogen-bond donors (Lipinski definition) is 0. The lowest BCUT2D eigenvalue weighted by Gasteiger charge is -2.19. The van der Waals surface area contributed by atoms with Gasteiger partial charge in [0.05, 0.1) is 6.10 Å². The van der Waals surface area contributed by atoms with Crippen molar-refractivity contribution in [2.45, 2.75) is 47.1 Å². The van der Waals surface area contributed by atoms with Crippen LogP contribution in [0.25, 0.3) is 0 Å². The van der Waals surface area contributed by atoms with Crippen molar-refractivity contribution in [2.75, 3.05) is 0 Å². The number of benzene rings is 1. The second-order valence-corrected chi connectivity index (χ2v) is 5.70. The summed E-state index contributed by atoms with van der Waals surface area (Å²) in [5, 5.41) is 0. The van der Waals surface area contributed by atoms with E-state index in [0.717, 1.165) is 12.0 Å². The van der Waals surface area contributed by atoms with Crippen LogP contribution in [0.1, 0.15) is 40.2 Å². The van der Waals surface area contributed by atoms with E-state index in [2.05, 4.69) is 20.8 Å². The predicted octanol–water partition coefficient (Wildman–Crippen LogP) is 4.20. The van der Waals surface area contributed by atoms with Crippen LogP contribution in [0.5, 0.6) is 5.75 Å². The summed E-state index contributed by atoms with van der Waals surface area (Å²) < 4.78 is 18.9. The van der Waals surface area contributed by atoms with Crippen molar-refractivity contribution in [2.24, 2.45) is 5.41 Å². The van der Waals surface area contributed by atoms with Crippen molar-refractivity contribution in [3.8, 4) is 5.75 Å². The molecule has 0 aromatic heterocycles. The molecule has 1 aromatic rings. The first-order valence-corrected chi connectivity index (χ1v) is 5.72. The van der Waals surface area contributed by atoms with E-state index in [0.29, 0.717) is 5.75 Å². The van der Waals surface area contributed by atoms with Crippen molar-refractivity contribution in [3.05, 3.63) is 29.6 Å². The molecule has 0 fully saturated rings. The zero-order chi connectivity index (χ0) is 12.3. The molecule has 0 amide bonds. The number of ether oxygens (including phenoxy) is 1. The minimum absolute atomic E-state index is 0.0734. The van der Waals surface area contributed by atoms with Crippen LogP contribution >= 0.6 is 0 Å². The van der Waals surface area contributed by atoms with Crippen LogP contribution < -0.4 is 4.74 Å². The fraction of sp³-hybridized carbons (Fsp3) is 0.571. The summed E-state index contributed by atoms with van der Waals surface area (Å²) in [7, 11) is 0. The molecule has 0 N–H and O–H groups in total. The molecule has 2 heteroatoms. The summed E-state index contributed by atoms with van der Waals surface area (Å²) in [6, 6.07) is 4.94. The highest BCUT2D eigenvalue weighted by Crippen LogP contribution is 2.25. The molecular formula is C14H21FO. The van der Waals surface area contributed by atoms with Crippen molar-refractivity contribution in [3.63, 3.8) is 0 Å². The normalized spacial score (nSPS) is 11.9. The molecule has 0 aliphatic rings. The molecule has 1 rings (SSSR count). The summed E-state index contributed by atoms with van der Waals surface area (Å²) >= 11 is 0. The monoisotopic (exact) mass is 224 g/mol. The smallest absolute Gasteiger partial charge is 0.127 e. The Bertz CT molecular complexity index is 350. The topological polar surface area (TPSA) is 9.23 Å². The molecular weight excluding hydrogens is 203 g/mol. The second-order valence-electron chi connectivity index (χ2n) is 5.70. The highest BCUT2D eigenvalue weighted by molar-refractivity contribution is 5.30. The summed E-state index contributed by atoms with van der Waals surface area (Å²) in [5.41, 5.74) is 1.14. The average Bonchev–Trinajstić information content (AvgIpc) is 1.96. The molecule has 0 saturated heterocycles. The third-order valence-corrected chi connectivity index (χ3v) is 2.04. The zero-order valence-corrected chi connectivity index (χ0v) is 10.8. The van der Waals surface area contributed by atoms with Gasteiger partial charge in [-0.05, 0) is 43.4 Å². The third-order valence-electron chi connectivity index (χ3n) is 2.04. The highest BCUT2D eigenvalue weighted by Gasteiger charge is 2.13. The van der Waals surface area contributed by atoms with Crippen LogP contribution in [0.2, 0.25) is 0 Å². The first-order valence-electron chi connectivity index (χ1n) is 5.72. The Labute approximate surface area is 97.6 Å². The first-order chi connectivity index (χ1) is 7.26. The Kier molecular flexibility index (Phi) is 3.95. The molecule has 0 heterocycles. The Balaban J connectivity index is 2.90. The number of hydrogen-bond acceptors (Lipinski definition) is 1. The lowest BCUT2D eigenvalue weighted by atomic mass is 9.88. The van der Waals surface area contributed by atoms with Crippen molar-refractivity contribution < 1.29 is 9.13 Å².